The molecule has 16 heavy (non-hydrogen) atoms. The Bertz CT molecular complexity index is 481. The second-order valence-corrected chi connectivity index (χ2v) is 3.57. The third kappa shape index (κ3) is 2.53. The van der Waals surface area contributed by atoms with E-state index in [1.165, 1.54) is 7.11 Å². The first-order valence-corrected chi connectivity index (χ1v) is 4.99. The largest absolute Gasteiger partial charge is 0.466 e. The third-order valence-electron chi connectivity index (χ3n) is 1.67. The molecular weight excluding hydrogens is 253 g/mol. The average Bonchev–Trinajstić information content (AvgIpc) is 2.64. The SMILES string of the molecule is COc1n[nH]c(Nc2cc(Cl)nc(Cl)c2)n1. The van der Waals surface area contributed by atoms with Gasteiger partial charge in [-0.1, -0.05) is 23.2 Å². The summed E-state index contributed by atoms with van der Waals surface area (Å²) >= 11 is 11.5. The molecule has 0 bridgehead atoms. The predicted molar refractivity (Wildman–Crippen MR) is 60.5 cm³/mol. The zero-order valence-electron chi connectivity index (χ0n) is 8.16. The normalized spacial score (nSPS) is 10.2. The van der Waals surface area contributed by atoms with Crippen LogP contribution in [0.15, 0.2) is 12.1 Å². The summed E-state index contributed by atoms with van der Waals surface area (Å²) in [5.74, 6) is 0.426. The van der Waals surface area contributed by atoms with Crippen LogP contribution in [0.3, 0.4) is 0 Å². The van der Waals surface area contributed by atoms with Crippen molar-refractivity contribution in [3.63, 3.8) is 0 Å². The number of pyridine rings is 1. The number of anilines is 2. The van der Waals surface area contributed by atoms with Crippen LogP contribution in [0.25, 0.3) is 0 Å². The number of nitrogens with one attached hydrogen (secondary N) is 2. The van der Waals surface area contributed by atoms with Crippen LogP contribution in [0.2, 0.25) is 10.3 Å². The van der Waals surface area contributed by atoms with Crippen LogP contribution in [0.4, 0.5) is 11.6 Å². The summed E-state index contributed by atoms with van der Waals surface area (Å²) in [6.07, 6.45) is 0. The predicted octanol–water partition coefficient (Wildman–Crippen LogP) is 2.26. The summed E-state index contributed by atoms with van der Waals surface area (Å²) < 4.78 is 4.82. The van der Waals surface area contributed by atoms with E-state index in [9.17, 15) is 0 Å². The topological polar surface area (TPSA) is 75.7 Å². The van der Waals surface area contributed by atoms with Crippen LogP contribution < -0.4 is 10.1 Å². The van der Waals surface area contributed by atoms with Crippen molar-refractivity contribution in [2.45, 2.75) is 0 Å². The highest BCUT2D eigenvalue weighted by Crippen LogP contribution is 2.21. The van der Waals surface area contributed by atoms with E-state index in [4.69, 9.17) is 27.9 Å². The molecule has 8 heteroatoms. The first kappa shape index (κ1) is 11.0. The Balaban J connectivity index is 2.19. The number of aromatic nitrogens is 4. The molecule has 2 rings (SSSR count). The molecule has 0 atom stereocenters. The van der Waals surface area contributed by atoms with Crippen molar-refractivity contribution in [1.29, 1.82) is 0 Å². The number of aromatic amines is 1. The third-order valence-corrected chi connectivity index (χ3v) is 2.06. The number of methoxy groups -OCH3 is 1. The zero-order valence-corrected chi connectivity index (χ0v) is 9.67. The summed E-state index contributed by atoms with van der Waals surface area (Å²) in [7, 11) is 1.48. The fourth-order valence-corrected chi connectivity index (χ4v) is 1.53. The lowest BCUT2D eigenvalue weighted by Gasteiger charge is -2.02. The molecule has 0 radical (unpaired) electrons. The number of halogens is 2. The summed E-state index contributed by atoms with van der Waals surface area (Å²) in [5, 5.41) is 9.92. The number of ether oxygens (including phenoxy) is 1. The Morgan fingerprint density at radius 2 is 1.94 bits per heavy atom. The maximum Gasteiger partial charge on any atom is 0.336 e. The van der Waals surface area contributed by atoms with E-state index < -0.39 is 0 Å². The van der Waals surface area contributed by atoms with E-state index in [-0.39, 0.29) is 6.01 Å². The number of nitrogens with zero attached hydrogens (tertiary/aromatic N) is 3. The summed E-state index contributed by atoms with van der Waals surface area (Å²) in [4.78, 5) is 7.79. The van der Waals surface area contributed by atoms with Crippen molar-refractivity contribution < 1.29 is 4.74 Å². The minimum absolute atomic E-state index is 0.244. The molecule has 6 nitrogen and oxygen atoms in total. The summed E-state index contributed by atoms with van der Waals surface area (Å²) in [6.45, 7) is 0. The van der Waals surface area contributed by atoms with E-state index in [0.29, 0.717) is 21.9 Å². The van der Waals surface area contributed by atoms with Crippen molar-refractivity contribution >= 4 is 34.8 Å². The minimum atomic E-state index is 0.244. The van der Waals surface area contributed by atoms with Gasteiger partial charge in [0, 0.05) is 5.69 Å². The van der Waals surface area contributed by atoms with E-state index in [1.807, 2.05) is 0 Å². The monoisotopic (exact) mass is 259 g/mol. The van der Waals surface area contributed by atoms with Crippen LogP contribution >= 0.6 is 23.2 Å². The molecule has 0 saturated carbocycles. The number of hydrogen-bond acceptors (Lipinski definition) is 5. The van der Waals surface area contributed by atoms with Crippen LogP contribution in [-0.2, 0) is 0 Å². The Morgan fingerprint density at radius 1 is 1.25 bits per heavy atom. The summed E-state index contributed by atoms with van der Waals surface area (Å²) in [6, 6.07) is 3.47. The van der Waals surface area contributed by atoms with Crippen molar-refractivity contribution in [1.82, 2.24) is 20.2 Å². The van der Waals surface area contributed by atoms with Gasteiger partial charge in [-0.05, 0) is 12.1 Å². The first-order chi connectivity index (χ1) is 7.67. The van der Waals surface area contributed by atoms with Crippen molar-refractivity contribution in [2.24, 2.45) is 0 Å². The van der Waals surface area contributed by atoms with Gasteiger partial charge in [-0.2, -0.15) is 4.98 Å². The van der Waals surface area contributed by atoms with Crippen molar-refractivity contribution in [2.75, 3.05) is 12.4 Å². The van der Waals surface area contributed by atoms with Gasteiger partial charge < -0.3 is 10.1 Å². The van der Waals surface area contributed by atoms with Crippen molar-refractivity contribution in [3.05, 3.63) is 22.4 Å². The Morgan fingerprint density at radius 3 is 2.50 bits per heavy atom. The molecule has 0 fully saturated rings. The lowest BCUT2D eigenvalue weighted by atomic mass is 10.4. The molecule has 0 amide bonds. The molecule has 2 heterocycles. The van der Waals surface area contributed by atoms with E-state index in [0.717, 1.165) is 0 Å². The lowest BCUT2D eigenvalue weighted by molar-refractivity contribution is 0.382. The van der Waals surface area contributed by atoms with Crippen LogP contribution in [0.5, 0.6) is 6.01 Å². The molecule has 0 aliphatic carbocycles. The van der Waals surface area contributed by atoms with Gasteiger partial charge in [0.2, 0.25) is 5.95 Å². The zero-order chi connectivity index (χ0) is 11.5. The van der Waals surface area contributed by atoms with Gasteiger partial charge in [0.15, 0.2) is 0 Å². The quantitative estimate of drug-likeness (QED) is 0.828. The van der Waals surface area contributed by atoms with Crippen LogP contribution in [0, 0.1) is 0 Å². The Labute approximate surface area is 101 Å². The smallest absolute Gasteiger partial charge is 0.336 e. The highest BCUT2D eigenvalue weighted by Gasteiger charge is 2.04. The van der Waals surface area contributed by atoms with Gasteiger partial charge >= 0.3 is 6.01 Å². The lowest BCUT2D eigenvalue weighted by Crippen LogP contribution is -1.93. The standard InChI is InChI=1S/C8H7Cl2N5O/c1-16-8-13-7(14-15-8)11-4-2-5(9)12-6(10)3-4/h2-3H,1H3,(H2,11,12,13,14,15). The van der Waals surface area contributed by atoms with E-state index in [1.54, 1.807) is 12.1 Å². The second kappa shape index (κ2) is 4.54. The van der Waals surface area contributed by atoms with Gasteiger partial charge in [-0.3, -0.25) is 0 Å². The van der Waals surface area contributed by atoms with E-state index >= 15 is 0 Å². The van der Waals surface area contributed by atoms with Gasteiger partial charge in [-0.15, -0.1) is 5.10 Å². The molecule has 0 aliphatic rings. The fraction of sp³-hybridized carbons (Fsp3) is 0.125. The Hall–Kier alpha value is -1.53. The molecule has 0 spiro atoms. The van der Waals surface area contributed by atoms with Gasteiger partial charge in [0.25, 0.3) is 0 Å². The molecule has 0 aliphatic heterocycles. The first-order valence-electron chi connectivity index (χ1n) is 4.24. The molecule has 2 aromatic rings. The maximum atomic E-state index is 5.74. The number of H-pyrrole nitrogens is 1. The molecular formula is C8H7Cl2N5O. The highest BCUT2D eigenvalue weighted by molar-refractivity contribution is 6.32. The van der Waals surface area contributed by atoms with Gasteiger partial charge in [-0.25, -0.2) is 10.1 Å². The minimum Gasteiger partial charge on any atom is -0.466 e. The van der Waals surface area contributed by atoms with Crippen LogP contribution in [-0.4, -0.2) is 27.3 Å². The van der Waals surface area contributed by atoms with Crippen LogP contribution in [0.1, 0.15) is 0 Å². The maximum absolute atomic E-state index is 5.74. The average molecular weight is 260 g/mol. The molecule has 2 N–H and O–H groups in total. The fourth-order valence-electron chi connectivity index (χ4n) is 1.07. The molecule has 0 saturated heterocycles. The summed E-state index contributed by atoms with van der Waals surface area (Å²) in [5.41, 5.74) is 0.656. The highest BCUT2D eigenvalue weighted by atomic mass is 35.5. The molecule has 0 aromatic carbocycles. The second-order valence-electron chi connectivity index (χ2n) is 2.80. The number of hydrogen-bond donors (Lipinski definition) is 2. The van der Waals surface area contributed by atoms with E-state index in [2.05, 4.69) is 25.5 Å². The molecule has 2 aromatic heterocycles. The van der Waals surface area contributed by atoms with Gasteiger partial charge in [0.1, 0.15) is 10.3 Å². The number of rotatable bonds is 3. The molecule has 0 unspecified atom stereocenters. The molecule has 84 valence electrons. The van der Waals surface area contributed by atoms with Gasteiger partial charge in [0.05, 0.1) is 7.11 Å². The Kier molecular flexibility index (Phi) is 3.12. The van der Waals surface area contributed by atoms with Crippen molar-refractivity contribution in [3.8, 4) is 6.01 Å².